The number of nitrogens with two attached hydrogens (primary N) is 1. The number of methoxy groups -OCH3 is 1. The Morgan fingerprint density at radius 3 is 2.53 bits per heavy atom. The van der Waals surface area contributed by atoms with Gasteiger partial charge in [-0.1, -0.05) is 6.92 Å². The highest BCUT2D eigenvalue weighted by molar-refractivity contribution is 7.98. The Bertz CT molecular complexity index is 326. The van der Waals surface area contributed by atoms with Crippen molar-refractivity contribution in [2.24, 2.45) is 5.73 Å². The van der Waals surface area contributed by atoms with Gasteiger partial charge >= 0.3 is 0 Å². The molecule has 0 saturated heterocycles. The number of hydrogen-bond donors (Lipinski definition) is 1. The van der Waals surface area contributed by atoms with Crippen molar-refractivity contribution in [1.82, 2.24) is 0 Å². The molecule has 2 N–H and O–H groups in total. The standard InChI is InChI=1S/C12H19NOS/c1-4-9-7-11(14-2)10(5-6-13)8-12(9)15-3/h7-8H,4-6,13H2,1-3H3. The van der Waals surface area contributed by atoms with Crippen LogP contribution < -0.4 is 10.5 Å². The Balaban J connectivity index is 3.15. The molecule has 0 heterocycles. The minimum Gasteiger partial charge on any atom is -0.496 e. The molecule has 1 rings (SSSR count). The Hall–Kier alpha value is -0.670. The van der Waals surface area contributed by atoms with Gasteiger partial charge in [0.25, 0.3) is 0 Å². The van der Waals surface area contributed by atoms with E-state index in [1.165, 1.54) is 16.0 Å². The first kappa shape index (κ1) is 12.4. The lowest BCUT2D eigenvalue weighted by Crippen LogP contribution is -2.05. The molecule has 15 heavy (non-hydrogen) atoms. The highest BCUT2D eigenvalue weighted by atomic mass is 32.2. The van der Waals surface area contributed by atoms with Crippen molar-refractivity contribution in [3.63, 3.8) is 0 Å². The van der Waals surface area contributed by atoms with Crippen LogP contribution in [0.15, 0.2) is 17.0 Å². The van der Waals surface area contributed by atoms with Gasteiger partial charge in [0.1, 0.15) is 5.75 Å². The molecule has 0 unspecified atom stereocenters. The zero-order valence-electron chi connectivity index (χ0n) is 9.67. The third kappa shape index (κ3) is 2.89. The molecule has 84 valence electrons. The number of hydrogen-bond acceptors (Lipinski definition) is 3. The van der Waals surface area contributed by atoms with Crippen LogP contribution in [0.2, 0.25) is 0 Å². The topological polar surface area (TPSA) is 35.2 Å². The molecule has 0 amide bonds. The largest absolute Gasteiger partial charge is 0.496 e. The Labute approximate surface area is 96.2 Å². The van der Waals surface area contributed by atoms with E-state index in [1.807, 2.05) is 0 Å². The van der Waals surface area contributed by atoms with Crippen molar-refractivity contribution in [3.05, 3.63) is 23.3 Å². The van der Waals surface area contributed by atoms with Crippen LogP contribution in [0.3, 0.4) is 0 Å². The summed E-state index contributed by atoms with van der Waals surface area (Å²) in [5, 5.41) is 0. The van der Waals surface area contributed by atoms with Crippen molar-refractivity contribution < 1.29 is 4.74 Å². The second-order valence-electron chi connectivity index (χ2n) is 3.37. The molecule has 0 spiro atoms. The van der Waals surface area contributed by atoms with Crippen LogP contribution in [0.1, 0.15) is 18.1 Å². The molecule has 1 aromatic carbocycles. The Morgan fingerprint density at radius 1 is 1.33 bits per heavy atom. The van der Waals surface area contributed by atoms with Crippen molar-refractivity contribution in [3.8, 4) is 5.75 Å². The highest BCUT2D eigenvalue weighted by Crippen LogP contribution is 2.29. The smallest absolute Gasteiger partial charge is 0.122 e. The lowest BCUT2D eigenvalue weighted by Gasteiger charge is -2.13. The van der Waals surface area contributed by atoms with E-state index < -0.39 is 0 Å². The SMILES string of the molecule is CCc1cc(OC)c(CCN)cc1SC. The summed E-state index contributed by atoms with van der Waals surface area (Å²) >= 11 is 1.78. The quantitative estimate of drug-likeness (QED) is 0.782. The molecular formula is C12H19NOS. The van der Waals surface area contributed by atoms with Crippen molar-refractivity contribution >= 4 is 11.8 Å². The second kappa shape index (κ2) is 6.03. The van der Waals surface area contributed by atoms with Gasteiger partial charge in [-0.3, -0.25) is 0 Å². The molecule has 0 aliphatic carbocycles. The number of benzene rings is 1. The van der Waals surface area contributed by atoms with E-state index in [4.69, 9.17) is 10.5 Å². The van der Waals surface area contributed by atoms with E-state index in [0.29, 0.717) is 6.54 Å². The number of thioether (sulfide) groups is 1. The van der Waals surface area contributed by atoms with Crippen molar-refractivity contribution in [2.75, 3.05) is 19.9 Å². The maximum atomic E-state index is 5.58. The third-order valence-electron chi connectivity index (χ3n) is 2.48. The van der Waals surface area contributed by atoms with E-state index >= 15 is 0 Å². The second-order valence-corrected chi connectivity index (χ2v) is 4.22. The average molecular weight is 225 g/mol. The molecular weight excluding hydrogens is 206 g/mol. The van der Waals surface area contributed by atoms with E-state index in [-0.39, 0.29) is 0 Å². The summed E-state index contributed by atoms with van der Waals surface area (Å²) in [6, 6.07) is 4.34. The summed E-state index contributed by atoms with van der Waals surface area (Å²) in [5.41, 5.74) is 8.14. The van der Waals surface area contributed by atoms with Gasteiger partial charge in [-0.15, -0.1) is 11.8 Å². The van der Waals surface area contributed by atoms with Gasteiger partial charge in [-0.25, -0.2) is 0 Å². The Kier molecular flexibility index (Phi) is 4.99. The van der Waals surface area contributed by atoms with Crippen LogP contribution in [-0.4, -0.2) is 19.9 Å². The first-order valence-corrected chi connectivity index (χ1v) is 6.43. The monoisotopic (exact) mass is 225 g/mol. The summed E-state index contributed by atoms with van der Waals surface area (Å²) in [5.74, 6) is 0.968. The fourth-order valence-corrected chi connectivity index (χ4v) is 2.38. The summed E-state index contributed by atoms with van der Waals surface area (Å²) < 4.78 is 5.38. The Morgan fingerprint density at radius 2 is 2.07 bits per heavy atom. The zero-order chi connectivity index (χ0) is 11.3. The molecule has 0 bridgehead atoms. The van der Waals surface area contributed by atoms with E-state index in [1.54, 1.807) is 18.9 Å². The lowest BCUT2D eigenvalue weighted by molar-refractivity contribution is 0.408. The lowest BCUT2D eigenvalue weighted by atomic mass is 10.1. The summed E-state index contributed by atoms with van der Waals surface area (Å²) in [7, 11) is 1.72. The summed E-state index contributed by atoms with van der Waals surface area (Å²) in [6.07, 6.45) is 4.02. The first-order valence-electron chi connectivity index (χ1n) is 5.20. The summed E-state index contributed by atoms with van der Waals surface area (Å²) in [4.78, 5) is 1.33. The molecule has 0 radical (unpaired) electrons. The molecule has 0 atom stereocenters. The van der Waals surface area contributed by atoms with Gasteiger partial charge in [0.05, 0.1) is 7.11 Å². The molecule has 0 aliphatic heterocycles. The fraction of sp³-hybridized carbons (Fsp3) is 0.500. The van der Waals surface area contributed by atoms with Gasteiger partial charge in [-0.05, 0) is 48.9 Å². The van der Waals surface area contributed by atoms with Gasteiger partial charge < -0.3 is 10.5 Å². The predicted octanol–water partition coefficient (Wildman–Crippen LogP) is 2.48. The number of rotatable bonds is 5. The van der Waals surface area contributed by atoms with E-state index in [2.05, 4.69) is 25.3 Å². The third-order valence-corrected chi connectivity index (χ3v) is 3.30. The molecule has 0 fully saturated rings. The molecule has 3 heteroatoms. The van der Waals surface area contributed by atoms with Gasteiger partial charge in [0.15, 0.2) is 0 Å². The van der Waals surface area contributed by atoms with E-state index in [9.17, 15) is 0 Å². The molecule has 0 saturated carbocycles. The maximum Gasteiger partial charge on any atom is 0.122 e. The van der Waals surface area contributed by atoms with Gasteiger partial charge in [-0.2, -0.15) is 0 Å². The summed E-state index contributed by atoms with van der Waals surface area (Å²) in [6.45, 7) is 2.83. The predicted molar refractivity (Wildman–Crippen MR) is 66.9 cm³/mol. The fourth-order valence-electron chi connectivity index (χ4n) is 1.65. The minimum absolute atomic E-state index is 0.662. The van der Waals surface area contributed by atoms with Crippen LogP contribution in [0.5, 0.6) is 5.75 Å². The highest BCUT2D eigenvalue weighted by Gasteiger charge is 2.08. The molecule has 2 nitrogen and oxygen atoms in total. The van der Waals surface area contributed by atoms with Gasteiger partial charge in [0.2, 0.25) is 0 Å². The minimum atomic E-state index is 0.662. The molecule has 1 aromatic rings. The number of ether oxygens (including phenoxy) is 1. The number of aryl methyl sites for hydroxylation is 1. The average Bonchev–Trinajstić information content (AvgIpc) is 2.28. The van der Waals surface area contributed by atoms with Crippen molar-refractivity contribution in [1.29, 1.82) is 0 Å². The van der Waals surface area contributed by atoms with Crippen molar-refractivity contribution in [2.45, 2.75) is 24.7 Å². The maximum absolute atomic E-state index is 5.58. The first-order chi connectivity index (χ1) is 7.26. The normalized spacial score (nSPS) is 10.4. The van der Waals surface area contributed by atoms with Gasteiger partial charge in [0, 0.05) is 4.90 Å². The van der Waals surface area contributed by atoms with Crippen LogP contribution in [0.4, 0.5) is 0 Å². The molecule has 0 aromatic heterocycles. The van der Waals surface area contributed by atoms with Crippen LogP contribution in [0, 0.1) is 0 Å². The molecule has 0 aliphatic rings. The van der Waals surface area contributed by atoms with Crippen LogP contribution >= 0.6 is 11.8 Å². The van der Waals surface area contributed by atoms with Crippen LogP contribution in [-0.2, 0) is 12.8 Å². The van der Waals surface area contributed by atoms with E-state index in [0.717, 1.165) is 18.6 Å². The zero-order valence-corrected chi connectivity index (χ0v) is 10.5. The van der Waals surface area contributed by atoms with Crippen LogP contribution in [0.25, 0.3) is 0 Å².